The van der Waals surface area contributed by atoms with Crippen molar-refractivity contribution in [1.29, 1.82) is 0 Å². The molecule has 0 spiro atoms. The number of aryl methyl sites for hydroxylation is 1. The molecule has 494 valence electrons. The van der Waals surface area contributed by atoms with Crippen molar-refractivity contribution in [2.75, 3.05) is 7.11 Å². The number of alkyl halides is 1. The molecule has 0 aliphatic carbocycles. The van der Waals surface area contributed by atoms with Gasteiger partial charge in [0.1, 0.15) is 10.6 Å². The fraction of sp³-hybridized carbons (Fsp3) is 0.0781. The summed E-state index contributed by atoms with van der Waals surface area (Å²) in [5, 5.41) is 56.5. The Morgan fingerprint density at radius 1 is 0.442 bits per heavy atom. The van der Waals surface area contributed by atoms with Crippen molar-refractivity contribution in [2.45, 2.75) is 29.9 Å². The van der Waals surface area contributed by atoms with Crippen molar-refractivity contribution in [3.05, 3.63) is 325 Å². The first-order chi connectivity index (χ1) is 44.8. The Morgan fingerprint density at radius 2 is 0.811 bits per heavy atom. The van der Waals surface area contributed by atoms with Crippen LogP contribution in [0.2, 0.25) is 5.02 Å². The summed E-state index contributed by atoms with van der Waals surface area (Å²) in [6, 6.07) is 59.1. The highest BCUT2D eigenvalue weighted by Gasteiger charge is 2.33. The van der Waals surface area contributed by atoms with Gasteiger partial charge in [-0.3, -0.25) is 64.4 Å². The van der Waals surface area contributed by atoms with Crippen LogP contribution in [0.4, 0.5) is 22.7 Å². The fourth-order valence-electron chi connectivity index (χ4n) is 7.48. The first kappa shape index (κ1) is 80.2. The minimum atomic E-state index is -3.55. The zero-order chi connectivity index (χ0) is 71.2. The zero-order valence-electron chi connectivity index (χ0n) is 48.8. The lowest BCUT2D eigenvalue weighted by Gasteiger charge is -2.29. The van der Waals surface area contributed by atoms with E-state index in [9.17, 15) is 72.8 Å². The van der Waals surface area contributed by atoms with Crippen LogP contribution in [-0.2, 0) is 27.1 Å². The van der Waals surface area contributed by atoms with Crippen molar-refractivity contribution < 1.29 is 67.0 Å². The minimum absolute atomic E-state index is 0.0586. The maximum atomic E-state index is 10.9. The van der Waals surface area contributed by atoms with Gasteiger partial charge in [0, 0.05) is 85.5 Å². The number of nitro groups is 4. The number of halogens is 8. The summed E-state index contributed by atoms with van der Waals surface area (Å²) in [7, 11) is 2.95. The predicted octanol–water partition coefficient (Wildman–Crippen LogP) is 16.7. The Hall–Kier alpha value is -9.08. The van der Waals surface area contributed by atoms with Crippen molar-refractivity contribution in [2.24, 2.45) is 0 Å². The van der Waals surface area contributed by atoms with Crippen LogP contribution in [0.15, 0.2) is 223 Å². The molecule has 31 heteroatoms. The molecule has 9 rings (SSSR count). The average Bonchev–Trinajstić information content (AvgIpc) is 0.775. The van der Waals surface area contributed by atoms with Crippen LogP contribution in [-0.4, -0.2) is 71.6 Å². The molecule has 0 saturated carbocycles. The highest BCUT2D eigenvalue weighted by molar-refractivity contribution is 8.13. The predicted molar refractivity (Wildman–Crippen MR) is 362 cm³/mol. The summed E-state index contributed by atoms with van der Waals surface area (Å²) < 4.78 is 26.4. The molecule has 0 aliphatic rings. The van der Waals surface area contributed by atoms with Gasteiger partial charge in [-0.05, 0) is 154 Å². The van der Waals surface area contributed by atoms with E-state index in [2.05, 4.69) is 36.4 Å². The van der Waals surface area contributed by atoms with E-state index in [1.165, 1.54) is 73.8 Å². The largest absolute Gasteiger partial charge is 0.496 e. The molecule has 95 heavy (non-hydrogen) atoms. The van der Waals surface area contributed by atoms with Crippen LogP contribution in [0.25, 0.3) is 0 Å². The lowest BCUT2D eigenvalue weighted by molar-refractivity contribution is -0.394. The van der Waals surface area contributed by atoms with Gasteiger partial charge in [0.25, 0.3) is 58.0 Å². The number of nitrogens with zero attached hydrogens (tertiary/aromatic N) is 4. The molecule has 0 atom stereocenters. The summed E-state index contributed by atoms with van der Waals surface area (Å²) in [6.45, 7) is 1.32. The quantitative estimate of drug-likeness (QED) is 0.0298. The number of rotatable bonds is 16. The second-order valence-corrected chi connectivity index (χ2v) is 23.7. The number of aliphatic hydroxyl groups excluding tert-OH is 2. The molecular weight excluding hydrogens is 1430 g/mol. The van der Waals surface area contributed by atoms with Crippen LogP contribution in [0.5, 0.6) is 5.75 Å². The molecule has 0 fully saturated rings. The molecular formula is C64H48Cl8N4O18S. The molecule has 9 aromatic carbocycles. The molecule has 0 aromatic heterocycles. The second-order valence-electron chi connectivity index (χ2n) is 18.4. The number of methoxy groups -OCH3 is 1. The van der Waals surface area contributed by atoms with Gasteiger partial charge in [-0.15, -0.1) is 11.6 Å². The van der Waals surface area contributed by atoms with Crippen LogP contribution in [0.1, 0.15) is 85.2 Å². The number of aliphatic hydroxyl groups is 2. The van der Waals surface area contributed by atoms with E-state index in [-0.39, 0.29) is 51.7 Å². The van der Waals surface area contributed by atoms with E-state index in [0.717, 1.165) is 46.5 Å². The topological polar surface area (TPSA) is 342 Å². The second kappa shape index (κ2) is 39.6. The number of non-ortho nitro benzene ring substituents is 4. The smallest absolute Gasteiger partial charge is 0.277 e. The highest BCUT2D eigenvalue weighted by Crippen LogP contribution is 2.43. The Kier molecular flexibility index (Phi) is 33.4. The molecule has 0 aliphatic heterocycles. The van der Waals surface area contributed by atoms with E-state index >= 15 is 0 Å². The maximum Gasteiger partial charge on any atom is 0.277 e. The molecule has 9 aromatic rings. The summed E-state index contributed by atoms with van der Waals surface area (Å²) in [4.78, 5) is 91.1. The summed E-state index contributed by atoms with van der Waals surface area (Å²) in [5.74, 6) is 0.341. The summed E-state index contributed by atoms with van der Waals surface area (Å²) in [5.41, 5.74) is 4.65. The molecule has 0 unspecified atom stereocenters. The van der Waals surface area contributed by atoms with Crippen molar-refractivity contribution in [3.8, 4) is 5.75 Å². The number of ether oxygens (including phenoxy) is 1. The number of benzene rings is 9. The van der Waals surface area contributed by atoms with Gasteiger partial charge >= 0.3 is 0 Å². The Labute approximate surface area is 580 Å². The van der Waals surface area contributed by atoms with Crippen LogP contribution >= 0.6 is 91.9 Å². The minimum Gasteiger partial charge on any atom is -0.496 e. The van der Waals surface area contributed by atoms with Crippen LogP contribution < -0.4 is 4.74 Å². The van der Waals surface area contributed by atoms with E-state index in [0.29, 0.717) is 27.5 Å². The lowest BCUT2D eigenvalue weighted by atomic mass is 9.84. The molecule has 22 nitrogen and oxygen atoms in total. The lowest BCUT2D eigenvalue weighted by Crippen LogP contribution is -2.22. The summed E-state index contributed by atoms with van der Waals surface area (Å²) in [6.07, 6.45) is 0. The average molecular weight is 1480 g/mol. The van der Waals surface area contributed by atoms with E-state index in [4.69, 9.17) is 107 Å². The standard InChI is InChI=1S/C19H15Cl.C10H11ClO4.C7H4Cl2O.C7H3ClN2O5.2C7H4ClNO3.C7H7ClO2S/c20-19(16-10-4-1-5-11-16,17-12-6-2-7-13-17)18-14-8-3-9-15-18;1-15-9-3-6(10(11)14)2-7(4-12)8(9)5-13;8-6-3-1-5(2-4-6)7(9)10;8-7(11)4-1-5(9(12)13)3-6(2-4)10(14)15;8-7(10)5-1-3-6(4-2-5)9(11)12;8-7(10)5-2-1-3-6(4-5)9(11)12;1-6-2-4-7(5-3-6)11(8,9)10/h1-15H;2-3,12-13H,4-5H2,1H3;1-4H;1-3H;2*1-4H;2-5H,1H3. The summed E-state index contributed by atoms with van der Waals surface area (Å²) >= 11 is 38.5. The monoisotopic (exact) mass is 1470 g/mol. The van der Waals surface area contributed by atoms with E-state index in [1.54, 1.807) is 36.4 Å². The normalized spacial score (nSPS) is 10.2. The maximum absolute atomic E-state index is 10.9. The van der Waals surface area contributed by atoms with Gasteiger partial charge in [0.15, 0.2) is 0 Å². The van der Waals surface area contributed by atoms with E-state index < -0.39 is 71.2 Å². The molecule has 0 bridgehead atoms. The fourth-order valence-corrected chi connectivity index (χ4v) is 9.34. The van der Waals surface area contributed by atoms with Gasteiger partial charge in [-0.1, -0.05) is 126 Å². The third-order valence-corrected chi connectivity index (χ3v) is 15.5. The molecule has 0 radical (unpaired) electrons. The molecule has 0 saturated heterocycles. The number of nitro benzene ring substituents is 4. The van der Waals surface area contributed by atoms with Gasteiger partial charge in [0.05, 0.1) is 51.0 Å². The third-order valence-electron chi connectivity index (χ3n) is 12.1. The molecule has 0 amide bonds. The Balaban J connectivity index is 0.000000292. The highest BCUT2D eigenvalue weighted by atomic mass is 35.7. The Bertz CT molecular complexity index is 4000. The van der Waals surface area contributed by atoms with Crippen molar-refractivity contribution in [3.63, 3.8) is 0 Å². The number of hydrogen-bond acceptors (Lipinski definition) is 18. The number of hydrogen-bond donors (Lipinski definition) is 2. The number of carbonyl (C=O) groups excluding carboxylic acids is 5. The zero-order valence-corrected chi connectivity index (χ0v) is 55.7. The Morgan fingerprint density at radius 3 is 1.15 bits per heavy atom. The number of carbonyl (C=O) groups is 5. The molecule has 2 N–H and O–H groups in total. The van der Waals surface area contributed by atoms with Gasteiger partial charge in [0.2, 0.25) is 0 Å². The first-order valence-electron chi connectivity index (χ1n) is 26.2. The first-order valence-corrected chi connectivity index (χ1v) is 31.2. The van der Waals surface area contributed by atoms with Crippen LogP contribution in [0, 0.1) is 47.4 Å². The SMILES string of the molecule is COc1cc(C(=O)Cl)cc(CO)c1CO.Cc1ccc(S(=O)(=O)Cl)cc1.ClC(c1ccccc1)(c1ccccc1)c1ccccc1.O=C(Cl)c1cc([N+](=O)[O-])cc([N+](=O)[O-])c1.O=C(Cl)c1ccc(Cl)cc1.O=C(Cl)c1ccc([N+](=O)[O-])cc1.O=C(Cl)c1cccc([N+](=O)[O-])c1. The van der Waals surface area contributed by atoms with Crippen LogP contribution in [0.3, 0.4) is 0 Å². The van der Waals surface area contributed by atoms with Gasteiger partial charge in [-0.25, -0.2) is 8.42 Å². The van der Waals surface area contributed by atoms with E-state index in [1.807, 2.05) is 61.5 Å². The van der Waals surface area contributed by atoms with Gasteiger partial charge in [-0.2, -0.15) is 0 Å². The van der Waals surface area contributed by atoms with Gasteiger partial charge < -0.3 is 14.9 Å². The molecule has 0 heterocycles. The van der Waals surface area contributed by atoms with Crippen molar-refractivity contribution in [1.82, 2.24) is 0 Å². The third kappa shape index (κ3) is 26.3. The van der Waals surface area contributed by atoms with Crippen molar-refractivity contribution >= 4 is 150 Å².